The predicted molar refractivity (Wildman–Crippen MR) is 170 cm³/mol. The lowest BCUT2D eigenvalue weighted by atomic mass is 10.1. The van der Waals surface area contributed by atoms with Gasteiger partial charge in [-0.3, -0.25) is 9.59 Å². The van der Waals surface area contributed by atoms with Crippen LogP contribution in [0.15, 0.2) is 77.3 Å². The summed E-state index contributed by atoms with van der Waals surface area (Å²) in [7, 11) is 2.16. The molecule has 4 aromatic rings. The molecular weight excluding hydrogens is 530 g/mol. The van der Waals surface area contributed by atoms with Gasteiger partial charge in [-0.15, -0.1) is 6.58 Å². The van der Waals surface area contributed by atoms with Crippen LogP contribution in [0.2, 0.25) is 0 Å². The monoisotopic (exact) mass is 567 g/mol. The summed E-state index contributed by atoms with van der Waals surface area (Å²) in [6, 6.07) is 12.5. The molecular formula is C31H37N9O2. The highest BCUT2D eigenvalue weighted by Gasteiger charge is 2.20. The number of aromatic nitrogens is 4. The Hall–Kier alpha value is -4.77. The summed E-state index contributed by atoms with van der Waals surface area (Å²) >= 11 is 0. The van der Waals surface area contributed by atoms with Crippen molar-refractivity contribution in [3.05, 3.63) is 77.8 Å². The molecule has 2 aromatic heterocycles. The summed E-state index contributed by atoms with van der Waals surface area (Å²) in [5.74, 6) is 0.690. The Morgan fingerprint density at radius 1 is 1.14 bits per heavy atom. The van der Waals surface area contributed by atoms with E-state index < -0.39 is 0 Å². The largest absolute Gasteiger partial charge is 0.369 e. The van der Waals surface area contributed by atoms with Crippen molar-refractivity contribution >= 4 is 51.4 Å². The topological polar surface area (TPSA) is 104 Å². The summed E-state index contributed by atoms with van der Waals surface area (Å²) in [4.78, 5) is 39.0. The second kappa shape index (κ2) is 12.4. The zero-order valence-corrected chi connectivity index (χ0v) is 24.6. The van der Waals surface area contributed by atoms with E-state index in [1.54, 1.807) is 22.9 Å². The van der Waals surface area contributed by atoms with Crippen LogP contribution in [0.3, 0.4) is 0 Å². The molecule has 0 saturated carbocycles. The van der Waals surface area contributed by atoms with Crippen LogP contribution in [0.4, 0.5) is 17.3 Å². The highest BCUT2D eigenvalue weighted by molar-refractivity contribution is 5.99. The SMILES string of the molecule is C=CCn1c(=O)c2cnc(Nc3ccc4cc(N5CCN(C)CC5)ccc4c3)nc2n1C(/C=C\C)=N/N(C=O)C(C)C. The number of amides is 1. The minimum absolute atomic E-state index is 0.179. The maximum Gasteiger partial charge on any atom is 0.278 e. The van der Waals surface area contributed by atoms with Gasteiger partial charge in [-0.05, 0) is 68.9 Å². The van der Waals surface area contributed by atoms with Gasteiger partial charge >= 0.3 is 0 Å². The van der Waals surface area contributed by atoms with Gasteiger partial charge in [-0.25, -0.2) is 19.4 Å². The first-order valence-electron chi connectivity index (χ1n) is 14.1. The van der Waals surface area contributed by atoms with Crippen molar-refractivity contribution in [2.45, 2.75) is 33.4 Å². The number of hydrogen-bond donors (Lipinski definition) is 1. The number of hydrogen-bond acceptors (Lipinski definition) is 8. The van der Waals surface area contributed by atoms with Crippen LogP contribution in [0.25, 0.3) is 21.8 Å². The molecule has 2 aromatic carbocycles. The van der Waals surface area contributed by atoms with Crippen LogP contribution in [0, 0.1) is 0 Å². The Morgan fingerprint density at radius 2 is 1.88 bits per heavy atom. The molecule has 0 radical (unpaired) electrons. The fourth-order valence-electron chi connectivity index (χ4n) is 4.98. The molecule has 1 N–H and O–H groups in total. The third-order valence-electron chi connectivity index (χ3n) is 7.31. The summed E-state index contributed by atoms with van der Waals surface area (Å²) in [5.41, 5.74) is 2.14. The fraction of sp³-hybridized carbons (Fsp3) is 0.323. The third kappa shape index (κ3) is 5.82. The molecule has 1 aliphatic heterocycles. The Kier molecular flexibility index (Phi) is 8.48. The van der Waals surface area contributed by atoms with Crippen molar-refractivity contribution in [1.82, 2.24) is 29.2 Å². The summed E-state index contributed by atoms with van der Waals surface area (Å²) in [6.45, 7) is 13.7. The molecule has 0 spiro atoms. The number of piperazine rings is 1. The second-order valence-corrected chi connectivity index (χ2v) is 10.6. The number of fused-ring (bicyclic) bond motifs is 2. The normalized spacial score (nSPS) is 14.8. The van der Waals surface area contributed by atoms with Crippen molar-refractivity contribution in [3.63, 3.8) is 0 Å². The van der Waals surface area contributed by atoms with Gasteiger partial charge in [0.05, 0.1) is 6.54 Å². The molecule has 0 unspecified atom stereocenters. The van der Waals surface area contributed by atoms with E-state index in [1.807, 2.05) is 26.8 Å². The number of nitrogens with one attached hydrogen (secondary N) is 1. The molecule has 1 saturated heterocycles. The Bertz CT molecular complexity index is 1730. The van der Waals surface area contributed by atoms with Gasteiger partial charge in [0, 0.05) is 49.8 Å². The summed E-state index contributed by atoms with van der Waals surface area (Å²) in [6.07, 6.45) is 7.32. The Balaban J connectivity index is 1.51. The van der Waals surface area contributed by atoms with Crippen molar-refractivity contribution in [2.24, 2.45) is 5.10 Å². The van der Waals surface area contributed by atoms with E-state index in [-0.39, 0.29) is 18.1 Å². The highest BCUT2D eigenvalue weighted by Crippen LogP contribution is 2.27. The lowest BCUT2D eigenvalue weighted by Crippen LogP contribution is -2.44. The van der Waals surface area contributed by atoms with Crippen LogP contribution >= 0.6 is 0 Å². The van der Waals surface area contributed by atoms with Crippen LogP contribution in [-0.2, 0) is 11.3 Å². The maximum atomic E-state index is 13.3. The number of nitrogens with zero attached hydrogens (tertiary/aromatic N) is 8. The van der Waals surface area contributed by atoms with E-state index in [0.717, 1.165) is 42.6 Å². The molecule has 0 bridgehead atoms. The van der Waals surface area contributed by atoms with E-state index in [4.69, 9.17) is 4.98 Å². The van der Waals surface area contributed by atoms with Crippen molar-refractivity contribution in [2.75, 3.05) is 43.4 Å². The number of allylic oxidation sites excluding steroid dienone is 3. The van der Waals surface area contributed by atoms with Crippen LogP contribution in [0.1, 0.15) is 20.8 Å². The average Bonchev–Trinajstić information content (AvgIpc) is 3.25. The first-order chi connectivity index (χ1) is 20.3. The zero-order valence-electron chi connectivity index (χ0n) is 24.6. The molecule has 42 heavy (non-hydrogen) atoms. The highest BCUT2D eigenvalue weighted by atomic mass is 16.1. The van der Waals surface area contributed by atoms with E-state index >= 15 is 0 Å². The molecule has 0 atom stereocenters. The number of carbonyl (C=O) groups is 1. The van der Waals surface area contributed by atoms with Gasteiger partial charge in [-0.1, -0.05) is 24.3 Å². The van der Waals surface area contributed by atoms with Gasteiger partial charge in [0.1, 0.15) is 5.39 Å². The molecule has 1 aliphatic rings. The molecule has 11 heteroatoms. The third-order valence-corrected chi connectivity index (χ3v) is 7.31. The quantitative estimate of drug-likeness (QED) is 0.107. The molecule has 11 nitrogen and oxygen atoms in total. The molecule has 3 heterocycles. The summed E-state index contributed by atoms with van der Waals surface area (Å²) in [5, 5.41) is 11.7. The zero-order chi connectivity index (χ0) is 29.8. The molecule has 0 aliphatic carbocycles. The molecule has 5 rings (SSSR count). The van der Waals surface area contributed by atoms with Crippen molar-refractivity contribution in [3.8, 4) is 0 Å². The number of anilines is 3. The van der Waals surface area contributed by atoms with Crippen LogP contribution < -0.4 is 15.8 Å². The maximum absolute atomic E-state index is 13.3. The number of rotatable bonds is 9. The minimum atomic E-state index is -0.280. The predicted octanol–water partition coefficient (Wildman–Crippen LogP) is 4.03. The van der Waals surface area contributed by atoms with Gasteiger partial charge < -0.3 is 15.1 Å². The molecule has 1 fully saturated rings. The van der Waals surface area contributed by atoms with E-state index in [1.165, 1.54) is 21.6 Å². The van der Waals surface area contributed by atoms with Crippen LogP contribution in [0.5, 0.6) is 0 Å². The Labute approximate surface area is 245 Å². The number of carbonyl (C=O) groups excluding carboxylic acids is 1. The fourth-order valence-corrected chi connectivity index (χ4v) is 4.98. The lowest BCUT2D eigenvalue weighted by molar-refractivity contribution is -0.119. The van der Waals surface area contributed by atoms with E-state index in [9.17, 15) is 9.59 Å². The van der Waals surface area contributed by atoms with Crippen LogP contribution in [-0.4, -0.2) is 80.8 Å². The second-order valence-electron chi connectivity index (χ2n) is 10.6. The molecule has 218 valence electrons. The van der Waals surface area contributed by atoms with Gasteiger partial charge in [0.25, 0.3) is 5.56 Å². The number of hydrazone groups is 1. The standard InChI is InChI=1S/C31H37N9O2/c1-6-8-28(35-38(21-41)22(3)4)40-29-27(30(42)39(40)13-7-2)20-32-31(34-29)33-25-11-9-24-19-26(12-10-23(24)18-25)37-16-14-36(5)15-17-37/h6-12,18-22H,2,13-17H2,1,3-5H3,(H,32,33,34)/b8-6-,35-28+. The van der Waals surface area contributed by atoms with E-state index in [2.05, 4.69) is 69.2 Å². The lowest BCUT2D eigenvalue weighted by Gasteiger charge is -2.34. The first-order valence-corrected chi connectivity index (χ1v) is 14.1. The summed E-state index contributed by atoms with van der Waals surface area (Å²) < 4.78 is 3.08. The van der Waals surface area contributed by atoms with Crippen molar-refractivity contribution in [1.29, 1.82) is 0 Å². The van der Waals surface area contributed by atoms with Crippen molar-refractivity contribution < 1.29 is 4.79 Å². The smallest absolute Gasteiger partial charge is 0.278 e. The van der Waals surface area contributed by atoms with Gasteiger partial charge in [0.15, 0.2) is 11.5 Å². The average molecular weight is 568 g/mol. The first kappa shape index (κ1) is 28.7. The van der Waals surface area contributed by atoms with Gasteiger partial charge in [-0.2, -0.15) is 10.1 Å². The minimum Gasteiger partial charge on any atom is -0.369 e. The van der Waals surface area contributed by atoms with Gasteiger partial charge in [0.2, 0.25) is 12.4 Å². The number of benzene rings is 2. The molecule has 1 amide bonds. The van der Waals surface area contributed by atoms with E-state index in [0.29, 0.717) is 29.2 Å². The Morgan fingerprint density at radius 3 is 2.57 bits per heavy atom. The number of likely N-dealkylation sites (N-methyl/N-ethyl adjacent to an activating group) is 1.